The number of rotatable bonds is 6. The number of nitrogens with one attached hydrogen (secondary N) is 1. The number of nitrogens with zero attached hydrogens (tertiary/aromatic N) is 2. The molecule has 0 amide bonds. The van der Waals surface area contributed by atoms with Crippen LogP contribution in [-0.2, 0) is 17.5 Å². The first kappa shape index (κ1) is 15.5. The molecule has 0 radical (unpaired) electrons. The number of aromatic nitrogens is 2. The Labute approximate surface area is 108 Å². The second kappa shape index (κ2) is 5.60. The van der Waals surface area contributed by atoms with Crippen molar-refractivity contribution in [1.29, 1.82) is 0 Å². The van der Waals surface area contributed by atoms with Crippen molar-refractivity contribution < 1.29 is 23.1 Å². The fraction of sp³-hybridized carbons (Fsp3) is 0.636. The lowest BCUT2D eigenvalue weighted by atomic mass is 10.0. The molecule has 8 heteroatoms. The van der Waals surface area contributed by atoms with Crippen molar-refractivity contribution in [1.82, 2.24) is 15.1 Å². The van der Waals surface area contributed by atoms with Crippen LogP contribution in [0.3, 0.4) is 0 Å². The van der Waals surface area contributed by atoms with Gasteiger partial charge in [-0.2, -0.15) is 18.3 Å². The summed E-state index contributed by atoms with van der Waals surface area (Å²) in [5.41, 5.74) is -2.39. The summed E-state index contributed by atoms with van der Waals surface area (Å²) in [6, 6.07) is 0.822. The third kappa shape index (κ3) is 3.95. The van der Waals surface area contributed by atoms with Crippen molar-refractivity contribution >= 4 is 5.97 Å². The maximum Gasteiger partial charge on any atom is 0.435 e. The van der Waals surface area contributed by atoms with E-state index in [1.54, 1.807) is 0 Å². The predicted octanol–water partition coefficient (Wildman–Crippen LogP) is 1.74. The number of alkyl halides is 3. The molecular formula is C11H16F3N3O2. The van der Waals surface area contributed by atoms with E-state index in [2.05, 4.69) is 10.4 Å². The minimum Gasteiger partial charge on any atom is -0.480 e. The Morgan fingerprint density at radius 3 is 2.58 bits per heavy atom. The van der Waals surface area contributed by atoms with Gasteiger partial charge in [0.05, 0.1) is 6.54 Å². The minimum absolute atomic E-state index is 0.182. The molecule has 2 N–H and O–H groups in total. The van der Waals surface area contributed by atoms with Gasteiger partial charge < -0.3 is 10.4 Å². The zero-order valence-electron chi connectivity index (χ0n) is 10.7. The van der Waals surface area contributed by atoms with Gasteiger partial charge in [-0.15, -0.1) is 0 Å². The zero-order chi connectivity index (χ0) is 14.7. The average molecular weight is 279 g/mol. The summed E-state index contributed by atoms with van der Waals surface area (Å²) < 4.78 is 38.1. The van der Waals surface area contributed by atoms with Gasteiger partial charge in [-0.05, 0) is 26.0 Å². The van der Waals surface area contributed by atoms with E-state index in [0.29, 0.717) is 6.54 Å². The van der Waals surface area contributed by atoms with Gasteiger partial charge in [0.15, 0.2) is 5.69 Å². The molecule has 1 rings (SSSR count). The largest absolute Gasteiger partial charge is 0.480 e. The molecule has 0 saturated heterocycles. The first-order valence-electron chi connectivity index (χ1n) is 5.78. The molecule has 0 bridgehead atoms. The summed E-state index contributed by atoms with van der Waals surface area (Å²) in [7, 11) is 0. The van der Waals surface area contributed by atoms with Crippen LogP contribution in [-0.4, -0.2) is 32.9 Å². The van der Waals surface area contributed by atoms with Crippen LogP contribution in [0.5, 0.6) is 0 Å². The quantitative estimate of drug-likeness (QED) is 0.832. The van der Waals surface area contributed by atoms with Crippen molar-refractivity contribution in [2.24, 2.45) is 0 Å². The molecule has 5 nitrogen and oxygen atoms in total. The van der Waals surface area contributed by atoms with Crippen LogP contribution in [0.15, 0.2) is 12.3 Å². The molecular weight excluding hydrogens is 263 g/mol. The average Bonchev–Trinajstić information content (AvgIpc) is 2.74. The van der Waals surface area contributed by atoms with Gasteiger partial charge >= 0.3 is 12.1 Å². The third-order valence-corrected chi connectivity index (χ3v) is 2.65. The van der Waals surface area contributed by atoms with Crippen LogP contribution in [0.2, 0.25) is 0 Å². The lowest BCUT2D eigenvalue weighted by molar-refractivity contribution is -0.145. The molecule has 1 unspecified atom stereocenters. The fourth-order valence-electron chi connectivity index (χ4n) is 1.52. The standard InChI is InChI=1S/C11H16F3N3O2/c1-3-5-15-10(2,9(18)19)7-17-6-4-8(16-17)11(12,13)14/h4,6,15H,3,5,7H2,1-2H3,(H,18,19). The molecule has 0 aliphatic heterocycles. The van der Waals surface area contributed by atoms with Crippen LogP contribution in [0.25, 0.3) is 0 Å². The first-order valence-corrected chi connectivity index (χ1v) is 5.78. The summed E-state index contributed by atoms with van der Waals surface area (Å²) in [6.07, 6.45) is -2.69. The molecule has 1 aromatic rings. The molecule has 0 aliphatic carbocycles. The number of hydrogen-bond acceptors (Lipinski definition) is 3. The number of hydrogen-bond donors (Lipinski definition) is 2. The summed E-state index contributed by atoms with van der Waals surface area (Å²) in [4.78, 5) is 11.2. The zero-order valence-corrected chi connectivity index (χ0v) is 10.7. The van der Waals surface area contributed by atoms with E-state index >= 15 is 0 Å². The van der Waals surface area contributed by atoms with Crippen LogP contribution >= 0.6 is 0 Å². The second-order valence-electron chi connectivity index (χ2n) is 4.46. The predicted molar refractivity (Wildman–Crippen MR) is 61.6 cm³/mol. The number of carbonyl (C=O) groups is 1. The van der Waals surface area contributed by atoms with Crippen molar-refractivity contribution in [3.05, 3.63) is 18.0 Å². The first-order chi connectivity index (χ1) is 8.69. The molecule has 1 heterocycles. The number of halogens is 3. The van der Waals surface area contributed by atoms with E-state index in [4.69, 9.17) is 5.11 Å². The van der Waals surface area contributed by atoms with E-state index in [0.717, 1.165) is 23.4 Å². The minimum atomic E-state index is -4.53. The highest BCUT2D eigenvalue weighted by Gasteiger charge is 2.36. The van der Waals surface area contributed by atoms with Crippen molar-refractivity contribution in [3.63, 3.8) is 0 Å². The van der Waals surface area contributed by atoms with Crippen molar-refractivity contribution in [3.8, 4) is 0 Å². The molecule has 1 atom stereocenters. The summed E-state index contributed by atoms with van der Waals surface area (Å²) in [5.74, 6) is -1.13. The van der Waals surface area contributed by atoms with Crippen LogP contribution in [0, 0.1) is 0 Å². The Morgan fingerprint density at radius 1 is 1.53 bits per heavy atom. The van der Waals surface area contributed by atoms with Crippen molar-refractivity contribution in [2.75, 3.05) is 6.54 Å². The van der Waals surface area contributed by atoms with Crippen LogP contribution < -0.4 is 5.32 Å². The Kier molecular flexibility index (Phi) is 4.56. The number of carboxylic acids is 1. The highest BCUT2D eigenvalue weighted by atomic mass is 19.4. The van der Waals surface area contributed by atoms with Gasteiger partial charge in [-0.3, -0.25) is 9.48 Å². The molecule has 1 aromatic heterocycles. The Bertz CT molecular complexity index is 445. The van der Waals surface area contributed by atoms with Crippen molar-refractivity contribution in [2.45, 2.75) is 38.5 Å². The van der Waals surface area contributed by atoms with Crippen LogP contribution in [0.1, 0.15) is 26.0 Å². The fourth-order valence-corrected chi connectivity index (χ4v) is 1.52. The maximum absolute atomic E-state index is 12.4. The van der Waals surface area contributed by atoms with E-state index < -0.39 is 23.4 Å². The molecule has 0 aliphatic rings. The van der Waals surface area contributed by atoms with E-state index in [-0.39, 0.29) is 6.54 Å². The van der Waals surface area contributed by atoms with Crippen LogP contribution in [0.4, 0.5) is 13.2 Å². The summed E-state index contributed by atoms with van der Waals surface area (Å²) in [5, 5.41) is 15.3. The van der Waals surface area contributed by atoms with Gasteiger partial charge in [-0.1, -0.05) is 6.92 Å². The third-order valence-electron chi connectivity index (χ3n) is 2.65. The van der Waals surface area contributed by atoms with Gasteiger partial charge in [0.2, 0.25) is 0 Å². The van der Waals surface area contributed by atoms with Gasteiger partial charge in [-0.25, -0.2) is 0 Å². The highest BCUT2D eigenvalue weighted by molar-refractivity contribution is 5.78. The smallest absolute Gasteiger partial charge is 0.435 e. The molecule has 0 spiro atoms. The lowest BCUT2D eigenvalue weighted by Crippen LogP contribution is -2.53. The Hall–Kier alpha value is -1.57. The summed E-state index contributed by atoms with van der Waals surface area (Å²) >= 11 is 0. The van der Waals surface area contributed by atoms with E-state index in [1.807, 2.05) is 6.92 Å². The maximum atomic E-state index is 12.4. The molecule has 0 saturated carbocycles. The van der Waals surface area contributed by atoms with E-state index in [1.165, 1.54) is 6.92 Å². The molecule has 0 fully saturated rings. The van der Waals surface area contributed by atoms with Gasteiger partial charge in [0.1, 0.15) is 5.54 Å². The Balaban J connectivity index is 2.85. The van der Waals surface area contributed by atoms with Gasteiger partial charge in [0, 0.05) is 6.20 Å². The molecule has 0 aromatic carbocycles. The molecule has 19 heavy (non-hydrogen) atoms. The Morgan fingerprint density at radius 2 is 2.16 bits per heavy atom. The molecule has 108 valence electrons. The summed E-state index contributed by atoms with van der Waals surface area (Å²) in [6.45, 7) is 3.56. The van der Waals surface area contributed by atoms with E-state index in [9.17, 15) is 18.0 Å². The second-order valence-corrected chi connectivity index (χ2v) is 4.46. The highest BCUT2D eigenvalue weighted by Crippen LogP contribution is 2.27. The monoisotopic (exact) mass is 279 g/mol. The number of aliphatic carboxylic acids is 1. The normalized spacial score (nSPS) is 15.2. The topological polar surface area (TPSA) is 67.2 Å². The SMILES string of the molecule is CCCNC(C)(Cn1ccc(C(F)(F)F)n1)C(=O)O. The van der Waals surface area contributed by atoms with Gasteiger partial charge in [0.25, 0.3) is 0 Å². The lowest BCUT2D eigenvalue weighted by Gasteiger charge is -2.26. The number of carboxylic acid groups (broad SMARTS) is 1.